The van der Waals surface area contributed by atoms with E-state index in [1.165, 1.54) is 19.2 Å². The fourth-order valence-corrected chi connectivity index (χ4v) is 3.82. The molecule has 0 radical (unpaired) electrons. The summed E-state index contributed by atoms with van der Waals surface area (Å²) >= 11 is 0. The maximum atomic E-state index is 14.7. The van der Waals surface area contributed by atoms with Crippen LogP contribution in [0.3, 0.4) is 0 Å². The second-order valence-electron chi connectivity index (χ2n) is 8.02. The van der Waals surface area contributed by atoms with Gasteiger partial charge in [0.1, 0.15) is 23.3 Å². The Balaban J connectivity index is 1.66. The van der Waals surface area contributed by atoms with Gasteiger partial charge in [-0.25, -0.2) is 30.7 Å². The molecule has 36 heavy (non-hydrogen) atoms. The molecular formula is C28H17F7O. The smallest absolute Gasteiger partial charge is 0.195 e. The molecule has 4 aromatic rings. The van der Waals surface area contributed by atoms with Crippen LogP contribution in [0.5, 0.6) is 0 Å². The van der Waals surface area contributed by atoms with Gasteiger partial charge in [0.2, 0.25) is 0 Å². The van der Waals surface area contributed by atoms with Crippen molar-refractivity contribution in [2.75, 3.05) is 13.7 Å². The summed E-state index contributed by atoms with van der Waals surface area (Å²) in [6.07, 6.45) is 0.908. The molecule has 0 spiro atoms. The third-order valence-corrected chi connectivity index (χ3v) is 5.55. The summed E-state index contributed by atoms with van der Waals surface area (Å²) in [5.74, 6) is -3.84. The molecule has 0 unspecified atom stereocenters. The van der Waals surface area contributed by atoms with E-state index in [1.54, 1.807) is 0 Å². The van der Waals surface area contributed by atoms with E-state index < -0.39 is 51.8 Å². The molecule has 0 N–H and O–H groups in total. The van der Waals surface area contributed by atoms with Crippen LogP contribution in [0.15, 0.2) is 48.5 Å². The van der Waals surface area contributed by atoms with Crippen LogP contribution in [-0.4, -0.2) is 13.7 Å². The van der Waals surface area contributed by atoms with E-state index in [0.29, 0.717) is 25.0 Å². The van der Waals surface area contributed by atoms with Gasteiger partial charge in [0.25, 0.3) is 0 Å². The van der Waals surface area contributed by atoms with E-state index in [9.17, 15) is 30.7 Å². The second kappa shape index (κ2) is 10.4. The molecule has 1 nitrogen and oxygen atoms in total. The Morgan fingerprint density at radius 3 is 2.00 bits per heavy atom. The second-order valence-corrected chi connectivity index (χ2v) is 8.02. The Morgan fingerprint density at radius 1 is 0.694 bits per heavy atom. The maximum Gasteiger partial charge on any atom is 0.195 e. The van der Waals surface area contributed by atoms with Crippen LogP contribution in [-0.2, 0) is 11.2 Å². The van der Waals surface area contributed by atoms with Crippen molar-refractivity contribution >= 4 is 10.8 Å². The Morgan fingerprint density at radius 2 is 1.36 bits per heavy atom. The zero-order valence-corrected chi connectivity index (χ0v) is 18.8. The van der Waals surface area contributed by atoms with Gasteiger partial charge in [0.05, 0.1) is 11.1 Å². The number of hydrogen-bond donors (Lipinski definition) is 0. The predicted molar refractivity (Wildman–Crippen MR) is 122 cm³/mol. The van der Waals surface area contributed by atoms with Crippen LogP contribution in [0.1, 0.15) is 23.1 Å². The largest absolute Gasteiger partial charge is 0.385 e. The number of fused-ring (bicyclic) bond motifs is 1. The fourth-order valence-electron chi connectivity index (χ4n) is 3.82. The highest BCUT2D eigenvalue weighted by Crippen LogP contribution is 2.30. The van der Waals surface area contributed by atoms with Crippen molar-refractivity contribution in [3.63, 3.8) is 0 Å². The summed E-state index contributed by atoms with van der Waals surface area (Å²) in [5, 5.41) is -0.180. The molecule has 0 aliphatic carbocycles. The average Bonchev–Trinajstić information content (AvgIpc) is 2.82. The summed E-state index contributed by atoms with van der Waals surface area (Å²) in [4.78, 5) is 0. The lowest BCUT2D eigenvalue weighted by Gasteiger charge is -2.10. The molecule has 0 aromatic heterocycles. The Hall–Kier alpha value is -3.83. The van der Waals surface area contributed by atoms with Crippen molar-refractivity contribution in [2.45, 2.75) is 12.8 Å². The standard InChI is InChI=1S/C28H17F7O/c1-36-8-2-3-16-10-23(31)26(24(32)11-16)18-13-21(29)20(22(30)14-18)7-5-15-4-6-19-17(9-15)12-25(33)28(35)27(19)34/h4,6,9-14H,2-3,8H2,1H3. The third kappa shape index (κ3) is 5.07. The molecule has 0 saturated heterocycles. The van der Waals surface area contributed by atoms with Crippen LogP contribution in [0, 0.1) is 52.6 Å². The molecule has 0 aliphatic heterocycles. The summed E-state index contributed by atoms with van der Waals surface area (Å²) in [5.41, 5.74) is -1.04. The third-order valence-electron chi connectivity index (χ3n) is 5.55. The molecule has 4 aromatic carbocycles. The molecule has 0 heterocycles. The van der Waals surface area contributed by atoms with Gasteiger partial charge in [-0.15, -0.1) is 0 Å². The molecule has 0 aliphatic rings. The minimum absolute atomic E-state index is 0.00566. The summed E-state index contributed by atoms with van der Waals surface area (Å²) < 4.78 is 104. The number of aryl methyl sites for hydroxylation is 1. The maximum absolute atomic E-state index is 14.7. The highest BCUT2D eigenvalue weighted by molar-refractivity contribution is 5.84. The van der Waals surface area contributed by atoms with Crippen molar-refractivity contribution < 1.29 is 35.5 Å². The lowest BCUT2D eigenvalue weighted by Crippen LogP contribution is -1.99. The quantitative estimate of drug-likeness (QED) is 0.119. The van der Waals surface area contributed by atoms with Gasteiger partial charge in [-0.05, 0) is 71.8 Å². The van der Waals surface area contributed by atoms with Crippen LogP contribution in [0.25, 0.3) is 21.9 Å². The molecule has 8 heteroatoms. The molecule has 4 rings (SSSR count). The highest BCUT2D eigenvalue weighted by Gasteiger charge is 2.18. The van der Waals surface area contributed by atoms with Gasteiger partial charge < -0.3 is 4.74 Å². The lowest BCUT2D eigenvalue weighted by atomic mass is 9.98. The number of halogens is 7. The van der Waals surface area contributed by atoms with Crippen LogP contribution >= 0.6 is 0 Å². The van der Waals surface area contributed by atoms with E-state index in [-0.39, 0.29) is 21.9 Å². The SMILES string of the molecule is COCCCc1cc(F)c(-c2cc(F)c(C#Cc3ccc4c(F)c(F)c(F)cc4c3)c(F)c2)c(F)c1. The molecule has 0 bridgehead atoms. The zero-order valence-electron chi connectivity index (χ0n) is 18.8. The molecule has 0 saturated carbocycles. The fraction of sp³-hybridized carbons (Fsp3) is 0.143. The number of benzene rings is 4. The molecular weight excluding hydrogens is 485 g/mol. The minimum atomic E-state index is -1.61. The highest BCUT2D eigenvalue weighted by atomic mass is 19.2. The van der Waals surface area contributed by atoms with Crippen molar-refractivity contribution in [3.8, 4) is 23.0 Å². The van der Waals surface area contributed by atoms with Gasteiger partial charge in [0, 0.05) is 24.7 Å². The van der Waals surface area contributed by atoms with Gasteiger partial charge in [-0.3, -0.25) is 0 Å². The van der Waals surface area contributed by atoms with Crippen molar-refractivity contribution in [1.29, 1.82) is 0 Å². The predicted octanol–water partition coefficient (Wildman–Crippen LogP) is 7.46. The van der Waals surface area contributed by atoms with E-state index in [0.717, 1.165) is 36.4 Å². The van der Waals surface area contributed by atoms with Gasteiger partial charge in [-0.1, -0.05) is 17.9 Å². The molecule has 0 atom stereocenters. The summed E-state index contributed by atoms with van der Waals surface area (Å²) in [7, 11) is 1.51. The van der Waals surface area contributed by atoms with Gasteiger partial charge in [-0.2, -0.15) is 0 Å². The number of hydrogen-bond acceptors (Lipinski definition) is 1. The first-order valence-electron chi connectivity index (χ1n) is 10.7. The first kappa shape index (κ1) is 25.3. The average molecular weight is 502 g/mol. The first-order chi connectivity index (χ1) is 17.2. The number of ether oxygens (including phenoxy) is 1. The van der Waals surface area contributed by atoms with Crippen molar-refractivity contribution in [3.05, 3.63) is 106 Å². The molecule has 184 valence electrons. The minimum Gasteiger partial charge on any atom is -0.385 e. The lowest BCUT2D eigenvalue weighted by molar-refractivity contribution is 0.195. The zero-order chi connectivity index (χ0) is 26.0. The number of rotatable bonds is 5. The van der Waals surface area contributed by atoms with Crippen LogP contribution in [0.4, 0.5) is 30.7 Å². The first-order valence-corrected chi connectivity index (χ1v) is 10.7. The Kier molecular flexibility index (Phi) is 7.32. The normalized spacial score (nSPS) is 11.0. The Labute approximate surface area is 202 Å². The van der Waals surface area contributed by atoms with Crippen molar-refractivity contribution in [1.82, 2.24) is 0 Å². The van der Waals surface area contributed by atoms with Gasteiger partial charge in [0.15, 0.2) is 17.5 Å². The van der Waals surface area contributed by atoms with E-state index in [4.69, 9.17) is 4.74 Å². The van der Waals surface area contributed by atoms with Crippen LogP contribution in [0.2, 0.25) is 0 Å². The van der Waals surface area contributed by atoms with Crippen LogP contribution < -0.4 is 0 Å². The molecule has 0 fully saturated rings. The topological polar surface area (TPSA) is 9.23 Å². The Bertz CT molecular complexity index is 1490. The summed E-state index contributed by atoms with van der Waals surface area (Å²) in [6.45, 7) is 0.412. The summed E-state index contributed by atoms with van der Waals surface area (Å²) in [6, 6.07) is 8.21. The van der Waals surface area contributed by atoms with E-state index in [1.807, 2.05) is 0 Å². The molecule has 0 amide bonds. The van der Waals surface area contributed by atoms with E-state index in [2.05, 4.69) is 11.8 Å². The monoisotopic (exact) mass is 502 g/mol. The van der Waals surface area contributed by atoms with E-state index >= 15 is 0 Å². The number of methoxy groups -OCH3 is 1. The van der Waals surface area contributed by atoms with Gasteiger partial charge >= 0.3 is 0 Å². The van der Waals surface area contributed by atoms with Crippen molar-refractivity contribution in [2.24, 2.45) is 0 Å².